The summed E-state index contributed by atoms with van der Waals surface area (Å²) in [6, 6.07) is 7.38. The lowest BCUT2D eigenvalue weighted by Gasteiger charge is -2.17. The second-order valence-electron chi connectivity index (χ2n) is 3.99. The van der Waals surface area contributed by atoms with E-state index in [9.17, 15) is 4.79 Å². The largest absolute Gasteiger partial charge is 0.366 e. The molecule has 1 atom stereocenters. The molecule has 1 unspecified atom stereocenters. The third-order valence-electron chi connectivity index (χ3n) is 2.47. The van der Waals surface area contributed by atoms with E-state index in [1.165, 1.54) is 0 Å². The number of rotatable bonds is 7. The summed E-state index contributed by atoms with van der Waals surface area (Å²) in [5.41, 5.74) is 0.779. The maximum Gasteiger partial charge on any atom is 0.166 e. The molecule has 0 saturated carbocycles. The summed E-state index contributed by atoms with van der Waals surface area (Å²) < 4.78 is 5.64. The normalized spacial score (nSPS) is 12.4. The van der Waals surface area contributed by atoms with Crippen molar-refractivity contribution in [2.24, 2.45) is 0 Å². The average Bonchev–Trinajstić information content (AvgIpc) is 2.32. The lowest BCUT2D eigenvalue weighted by atomic mass is 10.0. The molecule has 0 bridgehead atoms. The van der Waals surface area contributed by atoms with Crippen LogP contribution in [0.2, 0.25) is 5.02 Å². The second kappa shape index (κ2) is 7.46. The summed E-state index contributed by atoms with van der Waals surface area (Å²) in [7, 11) is 0. The maximum absolute atomic E-state index is 12.0. The van der Waals surface area contributed by atoms with Gasteiger partial charge in [0.2, 0.25) is 0 Å². The van der Waals surface area contributed by atoms with Crippen molar-refractivity contribution in [1.29, 1.82) is 0 Å². The van der Waals surface area contributed by atoms with Crippen molar-refractivity contribution in [3.8, 4) is 0 Å². The summed E-state index contributed by atoms with van der Waals surface area (Å²) in [4.78, 5) is 12.0. The highest BCUT2D eigenvalue weighted by molar-refractivity contribution is 6.31. The molecule has 0 fully saturated rings. The van der Waals surface area contributed by atoms with Gasteiger partial charge in [-0.25, -0.2) is 0 Å². The fourth-order valence-electron chi connectivity index (χ4n) is 1.66. The molecule has 0 amide bonds. The summed E-state index contributed by atoms with van der Waals surface area (Å²) in [5, 5.41) is 0.595. The Morgan fingerprint density at radius 3 is 2.59 bits per heavy atom. The van der Waals surface area contributed by atoms with Crippen molar-refractivity contribution in [3.63, 3.8) is 0 Å². The number of hydrogen-bond donors (Lipinski definition) is 0. The van der Waals surface area contributed by atoms with Gasteiger partial charge in [-0.05, 0) is 18.9 Å². The van der Waals surface area contributed by atoms with Gasteiger partial charge in [0.25, 0.3) is 0 Å². The van der Waals surface area contributed by atoms with Crippen LogP contribution in [0.25, 0.3) is 0 Å². The first-order valence-electron chi connectivity index (χ1n) is 6.09. The molecule has 0 aromatic heterocycles. The van der Waals surface area contributed by atoms with Crippen LogP contribution in [0.5, 0.6) is 0 Å². The van der Waals surface area contributed by atoms with E-state index in [4.69, 9.17) is 16.3 Å². The van der Waals surface area contributed by atoms with Crippen LogP contribution in [0, 0.1) is 0 Å². The Hall–Kier alpha value is -0.860. The summed E-state index contributed by atoms with van der Waals surface area (Å²) in [6.07, 6.45) is 1.73. The zero-order chi connectivity index (χ0) is 12.7. The summed E-state index contributed by atoms with van der Waals surface area (Å²) >= 11 is 6.11. The van der Waals surface area contributed by atoms with E-state index in [2.05, 4.69) is 0 Å². The summed E-state index contributed by atoms with van der Waals surface area (Å²) in [6.45, 7) is 4.58. The lowest BCUT2D eigenvalue weighted by molar-refractivity contribution is -0.131. The number of carbonyl (C=O) groups excluding carboxylic acids is 1. The molecule has 0 saturated heterocycles. The van der Waals surface area contributed by atoms with Crippen LogP contribution < -0.4 is 0 Å². The van der Waals surface area contributed by atoms with Gasteiger partial charge in [-0.2, -0.15) is 0 Å². The van der Waals surface area contributed by atoms with Crippen LogP contribution in [0.3, 0.4) is 0 Å². The minimum absolute atomic E-state index is 0.106. The van der Waals surface area contributed by atoms with Gasteiger partial charge in [0.15, 0.2) is 5.78 Å². The van der Waals surface area contributed by atoms with Crippen molar-refractivity contribution in [1.82, 2.24) is 0 Å². The first-order valence-corrected chi connectivity index (χ1v) is 6.47. The number of halogens is 1. The molecule has 0 radical (unpaired) electrons. The van der Waals surface area contributed by atoms with Gasteiger partial charge in [0.05, 0.1) is 0 Å². The molecule has 1 rings (SSSR count). The van der Waals surface area contributed by atoms with E-state index < -0.39 is 6.10 Å². The third kappa shape index (κ3) is 4.14. The molecule has 0 N–H and O–H groups in total. The van der Waals surface area contributed by atoms with Gasteiger partial charge < -0.3 is 4.74 Å². The van der Waals surface area contributed by atoms with Crippen LogP contribution in [0.15, 0.2) is 24.3 Å². The predicted octanol–water partition coefficient (Wildman–Crippen LogP) is 4.18. The van der Waals surface area contributed by atoms with Gasteiger partial charge in [0, 0.05) is 23.6 Å². The number of hydrogen-bond acceptors (Lipinski definition) is 2. The highest BCUT2D eigenvalue weighted by Crippen LogP contribution is 2.27. The van der Waals surface area contributed by atoms with E-state index in [-0.39, 0.29) is 5.78 Å². The van der Waals surface area contributed by atoms with Gasteiger partial charge in [-0.1, -0.05) is 43.6 Å². The van der Waals surface area contributed by atoms with Crippen LogP contribution in [-0.4, -0.2) is 12.4 Å². The molecule has 1 aromatic carbocycles. The molecule has 94 valence electrons. The Labute approximate surface area is 108 Å². The van der Waals surface area contributed by atoms with Gasteiger partial charge in [-0.15, -0.1) is 0 Å². The van der Waals surface area contributed by atoms with Crippen molar-refractivity contribution in [2.75, 3.05) is 6.61 Å². The SMILES string of the molecule is CCCOC(C(=O)CCC)c1ccccc1Cl. The highest BCUT2D eigenvalue weighted by Gasteiger charge is 2.22. The zero-order valence-corrected chi connectivity index (χ0v) is 11.2. The zero-order valence-electron chi connectivity index (χ0n) is 10.4. The standard InChI is InChI=1S/C14H19ClO2/c1-3-7-13(16)14(17-10-4-2)11-8-5-6-9-12(11)15/h5-6,8-9,14H,3-4,7,10H2,1-2H3. The molecule has 0 aliphatic heterocycles. The van der Waals surface area contributed by atoms with Crippen molar-refractivity contribution >= 4 is 17.4 Å². The number of benzene rings is 1. The van der Waals surface area contributed by atoms with Crippen LogP contribution >= 0.6 is 11.6 Å². The number of ketones is 1. The minimum Gasteiger partial charge on any atom is -0.366 e. The Morgan fingerprint density at radius 1 is 1.29 bits per heavy atom. The molecule has 2 nitrogen and oxygen atoms in total. The van der Waals surface area contributed by atoms with Crippen LogP contribution in [0.4, 0.5) is 0 Å². The predicted molar refractivity (Wildman–Crippen MR) is 70.4 cm³/mol. The highest BCUT2D eigenvalue weighted by atomic mass is 35.5. The fourth-order valence-corrected chi connectivity index (χ4v) is 1.89. The topological polar surface area (TPSA) is 26.3 Å². The molecule has 0 heterocycles. The smallest absolute Gasteiger partial charge is 0.166 e. The van der Waals surface area contributed by atoms with E-state index in [1.54, 1.807) is 6.07 Å². The molecule has 3 heteroatoms. The first-order chi connectivity index (χ1) is 8.20. The second-order valence-corrected chi connectivity index (χ2v) is 4.40. The van der Waals surface area contributed by atoms with Crippen molar-refractivity contribution < 1.29 is 9.53 Å². The monoisotopic (exact) mass is 254 g/mol. The third-order valence-corrected chi connectivity index (χ3v) is 2.81. The quantitative estimate of drug-likeness (QED) is 0.730. The number of Topliss-reactive ketones (excluding diaryl/α,β-unsaturated/α-hetero) is 1. The Morgan fingerprint density at radius 2 is 2.00 bits per heavy atom. The van der Waals surface area contributed by atoms with Crippen LogP contribution in [0.1, 0.15) is 44.8 Å². The Bertz CT molecular complexity index is 363. The van der Waals surface area contributed by atoms with Gasteiger partial charge in [-0.3, -0.25) is 4.79 Å². The molecular formula is C14H19ClO2. The Balaban J connectivity index is 2.89. The molecule has 1 aromatic rings. The van der Waals surface area contributed by atoms with Crippen LogP contribution in [-0.2, 0) is 9.53 Å². The van der Waals surface area contributed by atoms with E-state index in [0.717, 1.165) is 18.4 Å². The minimum atomic E-state index is -0.511. The summed E-state index contributed by atoms with van der Waals surface area (Å²) in [5.74, 6) is 0.106. The van der Waals surface area contributed by atoms with E-state index in [0.29, 0.717) is 18.1 Å². The molecule has 0 spiro atoms. The molecule has 0 aliphatic rings. The molecule has 0 aliphatic carbocycles. The molecule has 17 heavy (non-hydrogen) atoms. The van der Waals surface area contributed by atoms with Gasteiger partial charge >= 0.3 is 0 Å². The van der Waals surface area contributed by atoms with Crippen molar-refractivity contribution in [3.05, 3.63) is 34.9 Å². The Kier molecular flexibility index (Phi) is 6.23. The number of carbonyl (C=O) groups is 1. The lowest BCUT2D eigenvalue weighted by Crippen LogP contribution is -2.16. The fraction of sp³-hybridized carbons (Fsp3) is 0.500. The number of ether oxygens (including phenoxy) is 1. The van der Waals surface area contributed by atoms with E-state index in [1.807, 2.05) is 32.0 Å². The van der Waals surface area contributed by atoms with Gasteiger partial charge in [0.1, 0.15) is 6.10 Å². The average molecular weight is 255 g/mol. The first kappa shape index (κ1) is 14.2. The van der Waals surface area contributed by atoms with E-state index >= 15 is 0 Å². The molecular weight excluding hydrogens is 236 g/mol. The maximum atomic E-state index is 12.0. The van der Waals surface area contributed by atoms with Crippen molar-refractivity contribution in [2.45, 2.75) is 39.2 Å².